The van der Waals surface area contributed by atoms with Crippen LogP contribution in [-0.4, -0.2) is 25.6 Å². The molecular formula is C15H20ClN3O2. The van der Waals surface area contributed by atoms with Gasteiger partial charge in [0.25, 0.3) is 0 Å². The van der Waals surface area contributed by atoms with Crippen LogP contribution < -0.4 is 0 Å². The minimum Gasteiger partial charge on any atom is -0.481 e. The number of carbonyl (C=O) groups is 1. The number of hydrogen-bond donors (Lipinski definition) is 1. The summed E-state index contributed by atoms with van der Waals surface area (Å²) >= 11 is 5.98. The van der Waals surface area contributed by atoms with E-state index in [-0.39, 0.29) is 11.8 Å². The van der Waals surface area contributed by atoms with Crippen LogP contribution in [0.4, 0.5) is 0 Å². The second kappa shape index (κ2) is 6.02. The van der Waals surface area contributed by atoms with Gasteiger partial charge < -0.3 is 9.67 Å². The summed E-state index contributed by atoms with van der Waals surface area (Å²) in [6.45, 7) is 7.02. The zero-order valence-electron chi connectivity index (χ0n) is 12.6. The molecule has 2 aromatic rings. The van der Waals surface area contributed by atoms with Crippen molar-refractivity contribution in [3.8, 4) is 0 Å². The fraction of sp³-hybridized carbons (Fsp3) is 0.533. The molecule has 0 saturated heterocycles. The molecule has 0 aliphatic carbocycles. The third-order valence-corrected chi connectivity index (χ3v) is 3.45. The molecule has 2 rings (SSSR count). The molecule has 0 spiro atoms. The Kier molecular flexibility index (Phi) is 4.52. The molecule has 5 nitrogen and oxygen atoms in total. The van der Waals surface area contributed by atoms with Gasteiger partial charge in [0.2, 0.25) is 0 Å². The van der Waals surface area contributed by atoms with Crippen LogP contribution in [0.15, 0.2) is 12.3 Å². The molecule has 6 heteroatoms. The van der Waals surface area contributed by atoms with Crippen LogP contribution in [-0.2, 0) is 16.8 Å². The number of aliphatic carboxylic acids is 1. The van der Waals surface area contributed by atoms with E-state index >= 15 is 0 Å². The van der Waals surface area contributed by atoms with Crippen LogP contribution in [0.3, 0.4) is 0 Å². The monoisotopic (exact) mass is 309 g/mol. The van der Waals surface area contributed by atoms with E-state index in [4.69, 9.17) is 16.7 Å². The van der Waals surface area contributed by atoms with Crippen molar-refractivity contribution in [2.75, 3.05) is 0 Å². The van der Waals surface area contributed by atoms with Gasteiger partial charge >= 0.3 is 5.97 Å². The molecule has 1 N–H and O–H groups in total. The first-order valence-corrected chi connectivity index (χ1v) is 7.41. The number of rotatable bonds is 5. The average molecular weight is 310 g/mol. The van der Waals surface area contributed by atoms with E-state index in [1.54, 1.807) is 6.20 Å². The number of pyridine rings is 1. The predicted octanol–water partition coefficient (Wildman–Crippen LogP) is 3.64. The number of aromatic nitrogens is 3. The number of halogens is 1. The topological polar surface area (TPSA) is 68.0 Å². The molecule has 2 heterocycles. The van der Waals surface area contributed by atoms with Gasteiger partial charge in [-0.25, -0.2) is 9.97 Å². The summed E-state index contributed by atoms with van der Waals surface area (Å²) in [5.41, 5.74) is 1.48. The quantitative estimate of drug-likeness (QED) is 0.856. The second-order valence-electron chi connectivity index (χ2n) is 6.18. The van der Waals surface area contributed by atoms with Crippen LogP contribution >= 0.6 is 11.6 Å². The average Bonchev–Trinajstić information content (AvgIpc) is 2.72. The molecule has 21 heavy (non-hydrogen) atoms. The smallest absolute Gasteiger partial charge is 0.303 e. The molecule has 0 aliphatic rings. The van der Waals surface area contributed by atoms with E-state index in [9.17, 15) is 4.79 Å². The van der Waals surface area contributed by atoms with Crippen molar-refractivity contribution >= 4 is 28.7 Å². The van der Waals surface area contributed by atoms with Gasteiger partial charge in [0.1, 0.15) is 11.3 Å². The lowest BCUT2D eigenvalue weighted by Crippen LogP contribution is -2.19. The fourth-order valence-corrected chi connectivity index (χ4v) is 2.47. The highest BCUT2D eigenvalue weighted by molar-refractivity contribution is 6.31. The van der Waals surface area contributed by atoms with Gasteiger partial charge in [0.15, 0.2) is 5.65 Å². The summed E-state index contributed by atoms with van der Waals surface area (Å²) in [5, 5.41) is 9.28. The first-order valence-electron chi connectivity index (χ1n) is 7.03. The van der Waals surface area contributed by atoms with Gasteiger partial charge in [-0.2, -0.15) is 0 Å². The number of unbranched alkanes of at least 4 members (excludes halogenated alkanes) is 1. The van der Waals surface area contributed by atoms with E-state index < -0.39 is 5.97 Å². The minimum atomic E-state index is -0.758. The van der Waals surface area contributed by atoms with Crippen molar-refractivity contribution in [2.45, 2.75) is 52.0 Å². The van der Waals surface area contributed by atoms with Gasteiger partial charge in [0.05, 0.1) is 5.02 Å². The maximum Gasteiger partial charge on any atom is 0.303 e. The van der Waals surface area contributed by atoms with Crippen molar-refractivity contribution in [1.29, 1.82) is 0 Å². The Balaban J connectivity index is 2.32. The van der Waals surface area contributed by atoms with Gasteiger partial charge in [-0.15, -0.1) is 0 Å². The van der Waals surface area contributed by atoms with E-state index in [2.05, 4.69) is 35.3 Å². The number of carboxylic acids is 1. The minimum absolute atomic E-state index is 0.111. The number of nitrogens with zero attached hydrogens (tertiary/aromatic N) is 3. The van der Waals surface area contributed by atoms with Crippen LogP contribution in [0.25, 0.3) is 11.2 Å². The Morgan fingerprint density at radius 1 is 1.38 bits per heavy atom. The van der Waals surface area contributed by atoms with Gasteiger partial charge in [-0.05, 0) is 18.9 Å². The van der Waals surface area contributed by atoms with Crippen LogP contribution in [0.5, 0.6) is 0 Å². The van der Waals surface area contributed by atoms with Crippen molar-refractivity contribution in [3.63, 3.8) is 0 Å². The summed E-state index contributed by atoms with van der Waals surface area (Å²) in [6, 6.07) is 1.81. The molecule has 0 bridgehead atoms. The van der Waals surface area contributed by atoms with Crippen molar-refractivity contribution in [2.24, 2.45) is 0 Å². The summed E-state index contributed by atoms with van der Waals surface area (Å²) in [5.74, 6) is 0.189. The van der Waals surface area contributed by atoms with E-state index in [1.807, 2.05) is 6.07 Å². The predicted molar refractivity (Wildman–Crippen MR) is 82.7 cm³/mol. The standard InChI is InChI=1S/C15H20ClN3O2/c1-15(2,3)14-18-11-8-10(16)9-17-13(11)19(14)7-5-4-6-12(20)21/h8-9H,4-7H2,1-3H3,(H,20,21). The molecule has 0 amide bonds. The first-order chi connectivity index (χ1) is 9.79. The lowest BCUT2D eigenvalue weighted by atomic mass is 9.95. The third-order valence-electron chi connectivity index (χ3n) is 3.24. The lowest BCUT2D eigenvalue weighted by Gasteiger charge is -2.19. The largest absolute Gasteiger partial charge is 0.481 e. The zero-order valence-corrected chi connectivity index (χ0v) is 13.3. The number of carboxylic acid groups (broad SMARTS) is 1. The van der Waals surface area contributed by atoms with E-state index in [0.717, 1.165) is 23.4 Å². The van der Waals surface area contributed by atoms with Crippen LogP contribution in [0.1, 0.15) is 45.9 Å². The highest BCUT2D eigenvalue weighted by Crippen LogP contribution is 2.27. The summed E-state index contributed by atoms with van der Waals surface area (Å²) in [6.07, 6.45) is 3.24. The normalized spacial score (nSPS) is 12.0. The molecule has 0 radical (unpaired) electrons. The number of fused-ring (bicyclic) bond motifs is 1. The Bertz CT molecular complexity index is 659. The second-order valence-corrected chi connectivity index (χ2v) is 6.62. The first kappa shape index (κ1) is 15.8. The number of hydrogen-bond acceptors (Lipinski definition) is 3. The van der Waals surface area contributed by atoms with Crippen molar-refractivity contribution in [3.05, 3.63) is 23.1 Å². The zero-order chi connectivity index (χ0) is 15.6. The molecule has 114 valence electrons. The number of aryl methyl sites for hydroxylation is 1. The molecule has 0 unspecified atom stereocenters. The fourth-order valence-electron chi connectivity index (χ4n) is 2.32. The van der Waals surface area contributed by atoms with Crippen molar-refractivity contribution in [1.82, 2.24) is 14.5 Å². The molecular weight excluding hydrogens is 290 g/mol. The summed E-state index contributed by atoms with van der Waals surface area (Å²) in [4.78, 5) is 19.6. The Morgan fingerprint density at radius 2 is 2.10 bits per heavy atom. The SMILES string of the molecule is CC(C)(C)c1nc2cc(Cl)cnc2n1CCCCC(=O)O. The van der Waals surface area contributed by atoms with Crippen molar-refractivity contribution < 1.29 is 9.90 Å². The third kappa shape index (κ3) is 3.73. The maximum atomic E-state index is 10.6. The Labute approximate surface area is 129 Å². The highest BCUT2D eigenvalue weighted by Gasteiger charge is 2.23. The van der Waals surface area contributed by atoms with Gasteiger partial charge in [-0.1, -0.05) is 32.4 Å². The molecule has 0 fully saturated rings. The van der Waals surface area contributed by atoms with Gasteiger partial charge in [-0.3, -0.25) is 4.79 Å². The van der Waals surface area contributed by atoms with Gasteiger partial charge in [0, 0.05) is 24.6 Å². The molecule has 0 aliphatic heterocycles. The molecule has 0 aromatic carbocycles. The Hall–Kier alpha value is -1.62. The molecule has 0 atom stereocenters. The highest BCUT2D eigenvalue weighted by atomic mass is 35.5. The Morgan fingerprint density at radius 3 is 2.71 bits per heavy atom. The van der Waals surface area contributed by atoms with Crippen LogP contribution in [0, 0.1) is 0 Å². The number of imidazole rings is 1. The molecule has 2 aromatic heterocycles. The van der Waals surface area contributed by atoms with E-state index in [0.29, 0.717) is 18.0 Å². The summed E-state index contributed by atoms with van der Waals surface area (Å²) < 4.78 is 2.08. The molecule has 0 saturated carbocycles. The maximum absolute atomic E-state index is 10.6. The summed E-state index contributed by atoms with van der Waals surface area (Å²) in [7, 11) is 0. The van der Waals surface area contributed by atoms with E-state index in [1.165, 1.54) is 0 Å². The van der Waals surface area contributed by atoms with Crippen LogP contribution in [0.2, 0.25) is 5.02 Å². The lowest BCUT2D eigenvalue weighted by molar-refractivity contribution is -0.137.